The molecule has 1 amide bonds. The molecule has 0 bridgehead atoms. The van der Waals surface area contributed by atoms with Crippen molar-refractivity contribution in [1.82, 2.24) is 4.98 Å². The van der Waals surface area contributed by atoms with Crippen LogP contribution in [0.2, 0.25) is 0 Å². The number of nitrogens with two attached hydrogens (primary N) is 1. The fourth-order valence-electron chi connectivity index (χ4n) is 1.90. The number of nitrogens with zero attached hydrogens (tertiary/aromatic N) is 1. The maximum Gasteiger partial charge on any atom is 0.227 e. The van der Waals surface area contributed by atoms with Gasteiger partial charge in [-0.2, -0.15) is 0 Å². The van der Waals surface area contributed by atoms with Crippen molar-refractivity contribution in [2.75, 3.05) is 5.32 Å². The van der Waals surface area contributed by atoms with Crippen molar-refractivity contribution in [3.05, 3.63) is 46.2 Å². The van der Waals surface area contributed by atoms with Crippen molar-refractivity contribution in [2.45, 2.75) is 32.7 Å². The molecule has 0 aliphatic heterocycles. The van der Waals surface area contributed by atoms with E-state index >= 15 is 0 Å². The molecule has 2 aromatic rings. The van der Waals surface area contributed by atoms with Gasteiger partial charge >= 0.3 is 0 Å². The molecule has 112 valence electrons. The number of aromatic nitrogens is 1. The first-order valence-electron chi connectivity index (χ1n) is 6.70. The molecule has 6 heteroatoms. The van der Waals surface area contributed by atoms with Crippen molar-refractivity contribution in [3.8, 4) is 0 Å². The molecule has 3 N–H and O–H groups in total. The number of anilines is 1. The maximum atomic E-state index is 12.9. The Labute approximate surface area is 127 Å². The van der Waals surface area contributed by atoms with Gasteiger partial charge in [0.1, 0.15) is 5.82 Å². The third-order valence-electron chi connectivity index (χ3n) is 2.92. The Kier molecular flexibility index (Phi) is 5.03. The normalized spacial score (nSPS) is 12.2. The van der Waals surface area contributed by atoms with Crippen LogP contribution in [0.5, 0.6) is 0 Å². The van der Waals surface area contributed by atoms with Gasteiger partial charge < -0.3 is 11.1 Å². The quantitative estimate of drug-likeness (QED) is 0.892. The molecule has 21 heavy (non-hydrogen) atoms. The maximum absolute atomic E-state index is 12.9. The average molecular weight is 307 g/mol. The number of aryl methyl sites for hydroxylation is 1. The van der Waals surface area contributed by atoms with E-state index in [1.807, 2.05) is 6.92 Å². The summed E-state index contributed by atoms with van der Waals surface area (Å²) in [6.07, 6.45) is 0.943. The van der Waals surface area contributed by atoms with Crippen molar-refractivity contribution in [1.29, 1.82) is 0 Å². The van der Waals surface area contributed by atoms with E-state index in [1.54, 1.807) is 19.1 Å². The van der Waals surface area contributed by atoms with Crippen LogP contribution in [0.1, 0.15) is 29.5 Å². The molecule has 0 aliphatic rings. The topological polar surface area (TPSA) is 68.0 Å². The van der Waals surface area contributed by atoms with Gasteiger partial charge in [0.25, 0.3) is 0 Å². The predicted octanol–water partition coefficient (Wildman–Crippen LogP) is 2.86. The summed E-state index contributed by atoms with van der Waals surface area (Å²) in [6.45, 7) is 3.68. The highest BCUT2D eigenvalue weighted by Crippen LogP contribution is 2.25. The van der Waals surface area contributed by atoms with Crippen molar-refractivity contribution >= 4 is 22.4 Å². The lowest BCUT2D eigenvalue weighted by molar-refractivity contribution is -0.116. The Balaban J connectivity index is 2.05. The summed E-state index contributed by atoms with van der Waals surface area (Å²) in [5.41, 5.74) is 7.47. The van der Waals surface area contributed by atoms with E-state index in [0.29, 0.717) is 11.6 Å². The number of carbonyl (C=O) groups excluding carboxylic acids is 1. The van der Waals surface area contributed by atoms with Gasteiger partial charge in [0.2, 0.25) is 5.91 Å². The second kappa shape index (κ2) is 6.78. The molecule has 0 spiro atoms. The lowest BCUT2D eigenvalue weighted by Gasteiger charge is -2.03. The van der Waals surface area contributed by atoms with Crippen molar-refractivity contribution in [2.24, 2.45) is 5.73 Å². The van der Waals surface area contributed by atoms with Gasteiger partial charge in [0, 0.05) is 23.8 Å². The molecule has 1 atom stereocenters. The predicted molar refractivity (Wildman–Crippen MR) is 83.0 cm³/mol. The summed E-state index contributed by atoms with van der Waals surface area (Å²) >= 11 is 1.44. The first kappa shape index (κ1) is 15.6. The summed E-state index contributed by atoms with van der Waals surface area (Å²) in [4.78, 5) is 17.1. The zero-order valence-corrected chi connectivity index (χ0v) is 12.8. The van der Waals surface area contributed by atoms with Crippen LogP contribution in [0.4, 0.5) is 9.52 Å². The number of carbonyl (C=O) groups is 1. The molecular weight excluding hydrogens is 289 g/mol. The Morgan fingerprint density at radius 1 is 1.43 bits per heavy atom. The van der Waals surface area contributed by atoms with Gasteiger partial charge in [0.05, 0.1) is 5.69 Å². The second-order valence-corrected chi connectivity index (χ2v) is 6.14. The Hall–Kier alpha value is -1.79. The molecule has 1 aromatic heterocycles. The summed E-state index contributed by atoms with van der Waals surface area (Å²) in [5.74, 6) is -0.379. The first-order valence-corrected chi connectivity index (χ1v) is 7.52. The number of rotatable bonds is 5. The number of amides is 1. The Morgan fingerprint density at radius 2 is 2.10 bits per heavy atom. The summed E-state index contributed by atoms with van der Waals surface area (Å²) in [6, 6.07) is 6.21. The highest BCUT2D eigenvalue weighted by atomic mass is 32.1. The van der Waals surface area contributed by atoms with E-state index in [9.17, 15) is 9.18 Å². The molecule has 0 saturated heterocycles. The van der Waals surface area contributed by atoms with Crippen LogP contribution < -0.4 is 11.1 Å². The lowest BCUT2D eigenvalue weighted by atomic mass is 10.1. The van der Waals surface area contributed by atoms with Crippen molar-refractivity contribution in [3.63, 3.8) is 0 Å². The van der Waals surface area contributed by atoms with E-state index < -0.39 is 0 Å². The summed E-state index contributed by atoms with van der Waals surface area (Å²) in [7, 11) is 0. The number of thiazole rings is 1. The van der Waals surface area contributed by atoms with Crippen LogP contribution >= 0.6 is 11.3 Å². The second-order valence-electron chi connectivity index (χ2n) is 5.06. The number of hydrogen-bond donors (Lipinski definition) is 2. The first-order chi connectivity index (χ1) is 9.94. The van der Waals surface area contributed by atoms with Crippen LogP contribution in [0, 0.1) is 12.7 Å². The van der Waals surface area contributed by atoms with Crippen LogP contribution in [0.15, 0.2) is 24.3 Å². The van der Waals surface area contributed by atoms with Gasteiger partial charge in [-0.05, 0) is 31.5 Å². The zero-order chi connectivity index (χ0) is 15.4. The molecule has 0 fully saturated rings. The third kappa shape index (κ3) is 4.61. The molecule has 1 unspecified atom stereocenters. The van der Waals surface area contributed by atoms with Gasteiger partial charge in [0.15, 0.2) is 5.13 Å². The molecule has 0 aliphatic carbocycles. The molecule has 0 saturated carbocycles. The van der Waals surface area contributed by atoms with Crippen LogP contribution in [-0.4, -0.2) is 16.9 Å². The molecule has 0 radical (unpaired) electrons. The van der Waals surface area contributed by atoms with E-state index in [0.717, 1.165) is 16.1 Å². The van der Waals surface area contributed by atoms with Crippen molar-refractivity contribution < 1.29 is 9.18 Å². The Bertz CT molecular complexity index is 622. The van der Waals surface area contributed by atoms with E-state index in [-0.39, 0.29) is 24.2 Å². The van der Waals surface area contributed by atoms with Gasteiger partial charge in [-0.3, -0.25) is 4.79 Å². The van der Waals surface area contributed by atoms with Crippen LogP contribution in [0.3, 0.4) is 0 Å². The fourth-order valence-corrected chi connectivity index (χ4v) is 2.91. The monoisotopic (exact) mass is 307 g/mol. The number of benzene rings is 1. The van der Waals surface area contributed by atoms with Crippen LogP contribution in [0.25, 0.3) is 0 Å². The van der Waals surface area contributed by atoms with E-state index in [4.69, 9.17) is 5.73 Å². The SMILES string of the molecule is Cc1nc(NC(=O)CC(C)N)sc1Cc1ccc(F)cc1. The highest BCUT2D eigenvalue weighted by molar-refractivity contribution is 7.15. The van der Waals surface area contributed by atoms with Crippen LogP contribution in [-0.2, 0) is 11.2 Å². The smallest absolute Gasteiger partial charge is 0.227 e. The fraction of sp³-hybridized carbons (Fsp3) is 0.333. The molecular formula is C15H18FN3OS. The molecule has 1 aromatic carbocycles. The van der Waals surface area contributed by atoms with Gasteiger partial charge in [-0.1, -0.05) is 12.1 Å². The Morgan fingerprint density at radius 3 is 2.71 bits per heavy atom. The number of hydrogen-bond acceptors (Lipinski definition) is 4. The molecule has 4 nitrogen and oxygen atoms in total. The lowest BCUT2D eigenvalue weighted by Crippen LogP contribution is -2.23. The van der Waals surface area contributed by atoms with E-state index in [1.165, 1.54) is 23.5 Å². The minimum absolute atomic E-state index is 0.132. The third-order valence-corrected chi connectivity index (χ3v) is 4.00. The minimum Gasteiger partial charge on any atom is -0.327 e. The highest BCUT2D eigenvalue weighted by Gasteiger charge is 2.12. The molecule has 1 heterocycles. The minimum atomic E-state index is -0.247. The van der Waals surface area contributed by atoms with E-state index in [2.05, 4.69) is 10.3 Å². The largest absolute Gasteiger partial charge is 0.327 e. The standard InChI is InChI=1S/C15H18FN3OS/c1-9(17)7-14(20)19-15-18-10(2)13(21-15)8-11-3-5-12(16)6-4-11/h3-6,9H,7-8,17H2,1-2H3,(H,18,19,20). The summed E-state index contributed by atoms with van der Waals surface area (Å²) in [5, 5.41) is 3.34. The zero-order valence-electron chi connectivity index (χ0n) is 12.0. The van der Waals surface area contributed by atoms with Gasteiger partial charge in [-0.15, -0.1) is 11.3 Å². The number of nitrogens with one attached hydrogen (secondary N) is 1. The number of halogens is 1. The van der Waals surface area contributed by atoms with Gasteiger partial charge in [-0.25, -0.2) is 9.37 Å². The average Bonchev–Trinajstić information content (AvgIpc) is 2.71. The molecule has 2 rings (SSSR count). The summed E-state index contributed by atoms with van der Waals surface area (Å²) < 4.78 is 12.9.